The fraction of sp³-hybridized carbons (Fsp3) is 0.190. The van der Waals surface area contributed by atoms with E-state index in [0.29, 0.717) is 17.3 Å². The molecule has 3 aromatic rings. The zero-order valence-corrected chi connectivity index (χ0v) is 16.1. The van der Waals surface area contributed by atoms with Gasteiger partial charge in [0, 0.05) is 48.6 Å². The summed E-state index contributed by atoms with van der Waals surface area (Å²) in [6.07, 6.45) is 5.91. The predicted molar refractivity (Wildman–Crippen MR) is 109 cm³/mol. The van der Waals surface area contributed by atoms with Crippen molar-refractivity contribution in [1.82, 2.24) is 14.9 Å². The molecule has 27 heavy (non-hydrogen) atoms. The maximum atomic E-state index is 12.7. The summed E-state index contributed by atoms with van der Waals surface area (Å²) in [5, 5.41) is 4.00. The van der Waals surface area contributed by atoms with Crippen LogP contribution in [-0.4, -0.2) is 34.4 Å². The second-order valence-corrected chi connectivity index (χ2v) is 6.71. The van der Waals surface area contributed by atoms with E-state index < -0.39 is 0 Å². The van der Waals surface area contributed by atoms with Gasteiger partial charge in [0.15, 0.2) is 0 Å². The highest BCUT2D eigenvalue weighted by Crippen LogP contribution is 2.26. The number of rotatable bonds is 6. The molecule has 0 bridgehead atoms. The van der Waals surface area contributed by atoms with Crippen molar-refractivity contribution < 1.29 is 4.79 Å². The van der Waals surface area contributed by atoms with Gasteiger partial charge < -0.3 is 10.2 Å². The van der Waals surface area contributed by atoms with Gasteiger partial charge in [-0.3, -0.25) is 14.8 Å². The number of nitrogens with zero attached hydrogens (tertiary/aromatic N) is 3. The molecular formula is C21H21ClN4O. The first kappa shape index (κ1) is 18.9. The van der Waals surface area contributed by atoms with Crippen LogP contribution in [0.5, 0.6) is 0 Å². The molecule has 0 radical (unpaired) electrons. The Kier molecular flexibility index (Phi) is 6.04. The smallest absolute Gasteiger partial charge is 0.272 e. The van der Waals surface area contributed by atoms with Gasteiger partial charge in [-0.05, 0) is 60.9 Å². The molecule has 0 unspecified atom stereocenters. The highest BCUT2D eigenvalue weighted by Gasteiger charge is 2.14. The topological polar surface area (TPSA) is 58.1 Å². The molecule has 5 nitrogen and oxygen atoms in total. The van der Waals surface area contributed by atoms with Crippen LogP contribution in [0.3, 0.4) is 0 Å². The minimum Gasteiger partial charge on any atom is -0.355 e. The van der Waals surface area contributed by atoms with Crippen LogP contribution in [0.4, 0.5) is 11.4 Å². The van der Waals surface area contributed by atoms with E-state index in [1.165, 1.54) is 0 Å². The Balaban J connectivity index is 1.68. The van der Waals surface area contributed by atoms with Crippen LogP contribution in [0.2, 0.25) is 5.02 Å². The minimum absolute atomic E-state index is 0.115. The Morgan fingerprint density at radius 2 is 1.93 bits per heavy atom. The van der Waals surface area contributed by atoms with Crippen LogP contribution in [0.25, 0.3) is 0 Å². The summed E-state index contributed by atoms with van der Waals surface area (Å²) in [6, 6.07) is 13.2. The SMILES string of the molecule is Cc1c(Cl)cccc1Nc1ccnc(C(=O)N(C)CCc2ccncc2)c1. The maximum absolute atomic E-state index is 12.7. The molecule has 0 aliphatic carbocycles. The number of hydrogen-bond donors (Lipinski definition) is 1. The van der Waals surface area contributed by atoms with E-state index in [-0.39, 0.29) is 5.91 Å². The molecular weight excluding hydrogens is 360 g/mol. The molecule has 0 fully saturated rings. The molecule has 2 aromatic heterocycles. The van der Waals surface area contributed by atoms with Crippen molar-refractivity contribution in [2.75, 3.05) is 18.9 Å². The van der Waals surface area contributed by atoms with Gasteiger partial charge in [-0.2, -0.15) is 0 Å². The number of carbonyl (C=O) groups is 1. The summed E-state index contributed by atoms with van der Waals surface area (Å²) in [6.45, 7) is 2.56. The number of amides is 1. The third-order valence-electron chi connectivity index (χ3n) is 4.36. The van der Waals surface area contributed by atoms with Crippen LogP contribution >= 0.6 is 11.6 Å². The second-order valence-electron chi connectivity index (χ2n) is 6.30. The molecule has 6 heteroatoms. The van der Waals surface area contributed by atoms with Crippen LogP contribution in [0.15, 0.2) is 61.1 Å². The summed E-state index contributed by atoms with van der Waals surface area (Å²) < 4.78 is 0. The summed E-state index contributed by atoms with van der Waals surface area (Å²) in [5.74, 6) is -0.115. The average Bonchev–Trinajstić information content (AvgIpc) is 2.70. The van der Waals surface area contributed by atoms with Crippen LogP contribution in [0.1, 0.15) is 21.6 Å². The minimum atomic E-state index is -0.115. The zero-order chi connectivity index (χ0) is 19.2. The van der Waals surface area contributed by atoms with Gasteiger partial charge in [-0.25, -0.2) is 0 Å². The highest BCUT2D eigenvalue weighted by atomic mass is 35.5. The molecule has 0 saturated carbocycles. The zero-order valence-electron chi connectivity index (χ0n) is 15.3. The van der Waals surface area contributed by atoms with E-state index >= 15 is 0 Å². The molecule has 1 aromatic carbocycles. The maximum Gasteiger partial charge on any atom is 0.272 e. The molecule has 0 saturated heterocycles. The largest absolute Gasteiger partial charge is 0.355 e. The van der Waals surface area contributed by atoms with E-state index in [9.17, 15) is 4.79 Å². The number of likely N-dealkylation sites (N-methyl/N-ethyl adjacent to an activating group) is 1. The Morgan fingerprint density at radius 1 is 1.15 bits per heavy atom. The standard InChI is InChI=1S/C21H21ClN4O/c1-15-18(22)4-3-5-19(15)25-17-8-12-24-20(14-17)21(27)26(2)13-9-16-6-10-23-11-7-16/h3-8,10-12,14H,9,13H2,1-2H3,(H,24,25). The van der Waals surface area contributed by atoms with Gasteiger partial charge in [0.2, 0.25) is 0 Å². The predicted octanol–water partition coefficient (Wildman–Crippen LogP) is 4.50. The van der Waals surface area contributed by atoms with E-state index in [0.717, 1.165) is 28.9 Å². The number of benzene rings is 1. The number of aromatic nitrogens is 2. The molecule has 0 spiro atoms. The average molecular weight is 381 g/mol. The van der Waals surface area contributed by atoms with Gasteiger partial charge >= 0.3 is 0 Å². The van der Waals surface area contributed by atoms with Crippen molar-refractivity contribution in [2.45, 2.75) is 13.3 Å². The molecule has 0 aliphatic rings. The van der Waals surface area contributed by atoms with Gasteiger partial charge in [0.25, 0.3) is 5.91 Å². The molecule has 0 aliphatic heterocycles. The Hall–Kier alpha value is -2.92. The summed E-state index contributed by atoms with van der Waals surface area (Å²) in [4.78, 5) is 22.6. The van der Waals surface area contributed by atoms with Crippen molar-refractivity contribution in [3.05, 3.63) is 82.9 Å². The third kappa shape index (κ3) is 4.83. The molecule has 1 amide bonds. The van der Waals surface area contributed by atoms with Crippen molar-refractivity contribution >= 4 is 28.9 Å². The van der Waals surface area contributed by atoms with Gasteiger partial charge in [-0.15, -0.1) is 0 Å². The first-order valence-corrected chi connectivity index (χ1v) is 9.05. The molecule has 0 atom stereocenters. The lowest BCUT2D eigenvalue weighted by atomic mass is 10.2. The van der Waals surface area contributed by atoms with Crippen molar-refractivity contribution in [1.29, 1.82) is 0 Å². The van der Waals surface area contributed by atoms with E-state index in [1.54, 1.807) is 36.6 Å². The van der Waals surface area contributed by atoms with Crippen molar-refractivity contribution in [2.24, 2.45) is 0 Å². The fourth-order valence-corrected chi connectivity index (χ4v) is 2.84. The first-order valence-electron chi connectivity index (χ1n) is 8.67. The number of pyridine rings is 2. The van der Waals surface area contributed by atoms with Crippen LogP contribution < -0.4 is 5.32 Å². The van der Waals surface area contributed by atoms with Crippen molar-refractivity contribution in [3.8, 4) is 0 Å². The third-order valence-corrected chi connectivity index (χ3v) is 4.77. The van der Waals surface area contributed by atoms with Gasteiger partial charge in [0.1, 0.15) is 5.69 Å². The second kappa shape index (κ2) is 8.64. The lowest BCUT2D eigenvalue weighted by Gasteiger charge is -2.17. The normalized spacial score (nSPS) is 10.5. The number of halogens is 1. The fourth-order valence-electron chi connectivity index (χ4n) is 2.67. The number of hydrogen-bond acceptors (Lipinski definition) is 4. The van der Waals surface area contributed by atoms with Crippen molar-refractivity contribution in [3.63, 3.8) is 0 Å². The monoisotopic (exact) mass is 380 g/mol. The summed E-state index contributed by atoms with van der Waals surface area (Å²) in [5.41, 5.74) is 4.19. The number of anilines is 2. The van der Waals surface area contributed by atoms with Gasteiger partial charge in [-0.1, -0.05) is 17.7 Å². The highest BCUT2D eigenvalue weighted by molar-refractivity contribution is 6.31. The summed E-state index contributed by atoms with van der Waals surface area (Å²) >= 11 is 6.17. The Bertz CT molecular complexity index is 930. The Labute approximate surface area is 164 Å². The van der Waals surface area contributed by atoms with E-state index in [4.69, 9.17) is 11.6 Å². The van der Waals surface area contributed by atoms with E-state index in [1.807, 2.05) is 43.3 Å². The van der Waals surface area contributed by atoms with Gasteiger partial charge in [0.05, 0.1) is 0 Å². The quantitative estimate of drug-likeness (QED) is 0.684. The molecule has 138 valence electrons. The number of nitrogens with one attached hydrogen (secondary N) is 1. The lowest BCUT2D eigenvalue weighted by Crippen LogP contribution is -2.29. The molecule has 3 rings (SSSR count). The number of carbonyl (C=O) groups excluding carboxylic acids is 1. The van der Waals surface area contributed by atoms with Crippen LogP contribution in [-0.2, 0) is 6.42 Å². The summed E-state index contributed by atoms with van der Waals surface area (Å²) in [7, 11) is 1.78. The van der Waals surface area contributed by atoms with Crippen LogP contribution in [0, 0.1) is 6.92 Å². The molecule has 1 N–H and O–H groups in total. The molecule has 2 heterocycles. The first-order chi connectivity index (χ1) is 13.0. The lowest BCUT2D eigenvalue weighted by molar-refractivity contribution is 0.0791. The van der Waals surface area contributed by atoms with E-state index in [2.05, 4.69) is 15.3 Å². The Morgan fingerprint density at radius 3 is 2.70 bits per heavy atom.